The molecule has 0 unspecified atom stereocenters. The van der Waals surface area contributed by atoms with Gasteiger partial charge < -0.3 is 24.8 Å². The molecule has 0 spiro atoms. The minimum atomic E-state index is -1.57. The summed E-state index contributed by atoms with van der Waals surface area (Å²) in [7, 11) is 1.44. The standard InChI is InChI=1S/C16H22O6/c1-8-6-15(21-4)10(9(2)13(18)22-15)5-11-14(3,19)7-12(17)16(8,11)20/h5,8,12,17,19-20H,6-7H2,1-4H3/t8-,12-,14-,15-,16+/m0/s1. The molecule has 0 aromatic carbocycles. The van der Waals surface area contributed by atoms with Crippen molar-refractivity contribution in [3.05, 3.63) is 22.8 Å². The zero-order chi connectivity index (χ0) is 16.5. The lowest BCUT2D eigenvalue weighted by atomic mass is 9.79. The average Bonchev–Trinajstić information content (AvgIpc) is 2.71. The summed E-state index contributed by atoms with van der Waals surface area (Å²) in [6, 6.07) is 0. The number of aliphatic hydroxyl groups excluding tert-OH is 1. The molecule has 1 saturated carbocycles. The number of hydrogen-bond acceptors (Lipinski definition) is 6. The molecule has 6 heteroatoms. The van der Waals surface area contributed by atoms with Crippen molar-refractivity contribution >= 4 is 5.97 Å². The first-order chi connectivity index (χ1) is 10.1. The van der Waals surface area contributed by atoms with Gasteiger partial charge >= 0.3 is 5.97 Å². The third kappa shape index (κ3) is 1.72. The summed E-state index contributed by atoms with van der Waals surface area (Å²) in [4.78, 5) is 12.0. The van der Waals surface area contributed by atoms with Gasteiger partial charge in [-0.3, -0.25) is 0 Å². The number of esters is 1. The Balaban J connectivity index is 2.27. The van der Waals surface area contributed by atoms with Crippen LogP contribution >= 0.6 is 0 Å². The van der Waals surface area contributed by atoms with Crippen LogP contribution in [0.1, 0.15) is 33.6 Å². The number of methoxy groups -OCH3 is 1. The van der Waals surface area contributed by atoms with Gasteiger partial charge in [0.15, 0.2) is 0 Å². The molecule has 1 aliphatic heterocycles. The second-order valence-electron chi connectivity index (χ2n) is 6.87. The first kappa shape index (κ1) is 15.7. The first-order valence-electron chi connectivity index (χ1n) is 7.44. The quantitative estimate of drug-likeness (QED) is 0.607. The molecule has 0 aromatic heterocycles. The molecule has 3 rings (SSSR count). The van der Waals surface area contributed by atoms with Gasteiger partial charge in [-0.25, -0.2) is 4.79 Å². The summed E-state index contributed by atoms with van der Waals surface area (Å²) >= 11 is 0. The molecule has 2 aliphatic carbocycles. The lowest BCUT2D eigenvalue weighted by molar-refractivity contribution is -0.203. The number of carbonyl (C=O) groups is 1. The third-order valence-electron chi connectivity index (χ3n) is 5.43. The lowest BCUT2D eigenvalue weighted by Crippen LogP contribution is -2.48. The summed E-state index contributed by atoms with van der Waals surface area (Å²) in [6.07, 6.45) is 0.726. The highest BCUT2D eigenvalue weighted by Crippen LogP contribution is 2.54. The van der Waals surface area contributed by atoms with E-state index in [4.69, 9.17) is 9.47 Å². The van der Waals surface area contributed by atoms with Crippen LogP contribution < -0.4 is 0 Å². The summed E-state index contributed by atoms with van der Waals surface area (Å²) in [5, 5.41) is 32.0. The summed E-state index contributed by atoms with van der Waals surface area (Å²) < 4.78 is 10.9. The molecule has 3 N–H and O–H groups in total. The Bertz CT molecular complexity index is 604. The number of ether oxygens (including phenoxy) is 2. The zero-order valence-corrected chi connectivity index (χ0v) is 13.2. The monoisotopic (exact) mass is 310 g/mol. The van der Waals surface area contributed by atoms with E-state index in [9.17, 15) is 20.1 Å². The van der Waals surface area contributed by atoms with Crippen LogP contribution in [-0.4, -0.2) is 51.5 Å². The van der Waals surface area contributed by atoms with Crippen molar-refractivity contribution in [2.45, 2.75) is 56.7 Å². The first-order valence-corrected chi connectivity index (χ1v) is 7.44. The van der Waals surface area contributed by atoms with Crippen molar-refractivity contribution in [1.82, 2.24) is 0 Å². The summed E-state index contributed by atoms with van der Waals surface area (Å²) in [5.41, 5.74) is -1.72. The van der Waals surface area contributed by atoms with Gasteiger partial charge in [-0.15, -0.1) is 0 Å². The van der Waals surface area contributed by atoms with Crippen LogP contribution in [0.5, 0.6) is 0 Å². The van der Waals surface area contributed by atoms with Gasteiger partial charge in [0, 0.05) is 31.1 Å². The Hall–Kier alpha value is -1.21. The van der Waals surface area contributed by atoms with E-state index in [-0.39, 0.29) is 12.8 Å². The summed E-state index contributed by atoms with van der Waals surface area (Å²) in [6.45, 7) is 4.94. The highest BCUT2D eigenvalue weighted by atomic mass is 16.7. The smallest absolute Gasteiger partial charge is 0.337 e. The van der Waals surface area contributed by atoms with Crippen molar-refractivity contribution < 1.29 is 29.6 Å². The fourth-order valence-electron chi connectivity index (χ4n) is 4.10. The van der Waals surface area contributed by atoms with E-state index in [0.29, 0.717) is 16.7 Å². The van der Waals surface area contributed by atoms with E-state index in [1.54, 1.807) is 26.8 Å². The molecule has 6 nitrogen and oxygen atoms in total. The number of hydrogen-bond donors (Lipinski definition) is 3. The van der Waals surface area contributed by atoms with E-state index < -0.39 is 35.0 Å². The van der Waals surface area contributed by atoms with E-state index in [1.807, 2.05) is 0 Å². The number of aliphatic hydroxyl groups is 3. The molecule has 0 radical (unpaired) electrons. The second-order valence-corrected chi connectivity index (χ2v) is 6.87. The summed E-state index contributed by atoms with van der Waals surface area (Å²) in [5.74, 6) is -2.22. The highest BCUT2D eigenvalue weighted by molar-refractivity contribution is 5.93. The van der Waals surface area contributed by atoms with Crippen LogP contribution in [-0.2, 0) is 14.3 Å². The maximum Gasteiger partial charge on any atom is 0.337 e. The van der Waals surface area contributed by atoms with Crippen LogP contribution in [0.4, 0.5) is 0 Å². The predicted molar refractivity (Wildman–Crippen MR) is 76.6 cm³/mol. The van der Waals surface area contributed by atoms with E-state index in [0.717, 1.165) is 0 Å². The van der Waals surface area contributed by atoms with Crippen LogP contribution in [0.25, 0.3) is 0 Å². The van der Waals surface area contributed by atoms with Crippen LogP contribution in [0.15, 0.2) is 22.8 Å². The van der Waals surface area contributed by atoms with Crippen molar-refractivity contribution in [3.8, 4) is 0 Å². The SMILES string of the molecule is CO[C@]12C[C@H](C)[C@@]3(O)C(=CC1=C(C)C(=O)O2)[C@@](C)(O)C[C@@H]3O. The molecule has 1 fully saturated rings. The van der Waals surface area contributed by atoms with Gasteiger partial charge in [-0.05, 0) is 31.4 Å². The maximum absolute atomic E-state index is 12.0. The molecule has 3 aliphatic rings. The molecule has 5 atom stereocenters. The van der Waals surface area contributed by atoms with Crippen LogP contribution in [0, 0.1) is 5.92 Å². The van der Waals surface area contributed by atoms with Gasteiger partial charge in [-0.1, -0.05) is 6.92 Å². The Kier molecular flexibility index (Phi) is 3.14. The number of carbonyl (C=O) groups excluding carboxylic acids is 1. The Morgan fingerprint density at radius 2 is 2.00 bits per heavy atom. The van der Waals surface area contributed by atoms with E-state index in [2.05, 4.69) is 0 Å². The Labute approximate surface area is 129 Å². The highest BCUT2D eigenvalue weighted by Gasteiger charge is 2.62. The molecule has 22 heavy (non-hydrogen) atoms. The molecular weight excluding hydrogens is 288 g/mol. The second kappa shape index (κ2) is 4.41. The third-order valence-corrected chi connectivity index (χ3v) is 5.43. The van der Waals surface area contributed by atoms with Gasteiger partial charge in [-0.2, -0.15) is 0 Å². The average molecular weight is 310 g/mol. The van der Waals surface area contributed by atoms with E-state index >= 15 is 0 Å². The zero-order valence-electron chi connectivity index (χ0n) is 13.2. The topological polar surface area (TPSA) is 96.2 Å². The molecular formula is C16H22O6. The van der Waals surface area contributed by atoms with Gasteiger partial charge in [0.2, 0.25) is 5.79 Å². The maximum atomic E-state index is 12.0. The fourth-order valence-corrected chi connectivity index (χ4v) is 4.10. The van der Waals surface area contributed by atoms with Crippen molar-refractivity contribution in [2.24, 2.45) is 5.92 Å². The predicted octanol–water partition coefficient (Wildman–Crippen LogP) is 0.415. The van der Waals surface area contributed by atoms with Crippen molar-refractivity contribution in [3.63, 3.8) is 0 Å². The van der Waals surface area contributed by atoms with Crippen LogP contribution in [0.3, 0.4) is 0 Å². The Morgan fingerprint density at radius 3 is 2.59 bits per heavy atom. The fraction of sp³-hybridized carbons (Fsp3) is 0.688. The van der Waals surface area contributed by atoms with Gasteiger partial charge in [0.05, 0.1) is 11.7 Å². The number of rotatable bonds is 1. The largest absolute Gasteiger partial charge is 0.425 e. The van der Waals surface area contributed by atoms with Gasteiger partial charge in [0.25, 0.3) is 0 Å². The minimum Gasteiger partial charge on any atom is -0.425 e. The molecule has 1 heterocycles. The molecule has 0 bridgehead atoms. The van der Waals surface area contributed by atoms with Gasteiger partial charge in [0.1, 0.15) is 5.60 Å². The van der Waals surface area contributed by atoms with Crippen LogP contribution in [0.2, 0.25) is 0 Å². The molecule has 122 valence electrons. The Morgan fingerprint density at radius 1 is 1.36 bits per heavy atom. The molecule has 0 saturated heterocycles. The minimum absolute atomic E-state index is 0.0424. The van der Waals surface area contributed by atoms with E-state index in [1.165, 1.54) is 7.11 Å². The molecule has 0 aromatic rings. The van der Waals surface area contributed by atoms with Crippen molar-refractivity contribution in [2.75, 3.05) is 7.11 Å². The lowest BCUT2D eigenvalue weighted by Gasteiger charge is -2.37. The normalized spacial score (nSPS) is 47.8. The van der Waals surface area contributed by atoms with Crippen molar-refractivity contribution in [1.29, 1.82) is 0 Å². The number of fused-ring (bicyclic) bond motifs is 2. The molecule has 0 amide bonds.